The molecule has 24 heavy (non-hydrogen) atoms. The van der Waals surface area contributed by atoms with Crippen molar-refractivity contribution in [2.45, 2.75) is 39.5 Å². The molecule has 0 aliphatic heterocycles. The molecule has 3 nitrogen and oxygen atoms in total. The van der Waals surface area contributed by atoms with Crippen LogP contribution in [0.4, 0.5) is 0 Å². The zero-order valence-electron chi connectivity index (χ0n) is 15.0. The summed E-state index contributed by atoms with van der Waals surface area (Å²) in [4.78, 5) is 0. The summed E-state index contributed by atoms with van der Waals surface area (Å²) < 4.78 is 17.1. The molecule has 2 aromatic rings. The van der Waals surface area contributed by atoms with Gasteiger partial charge in [-0.05, 0) is 49.1 Å². The van der Waals surface area contributed by atoms with Crippen LogP contribution in [0.15, 0.2) is 48.5 Å². The molecule has 0 spiro atoms. The fraction of sp³-hybridized carbons (Fsp3) is 0.429. The molecule has 0 amide bonds. The smallest absolute Gasteiger partial charge is 0.161 e. The summed E-state index contributed by atoms with van der Waals surface area (Å²) >= 11 is 0. The van der Waals surface area contributed by atoms with Crippen molar-refractivity contribution in [1.29, 1.82) is 0 Å². The Kier molecular flexibility index (Phi) is 7.47. The summed E-state index contributed by atoms with van der Waals surface area (Å²) in [5.74, 6) is 3.09. The van der Waals surface area contributed by atoms with E-state index in [9.17, 15) is 0 Å². The zero-order valence-corrected chi connectivity index (χ0v) is 15.0. The van der Waals surface area contributed by atoms with Gasteiger partial charge in [-0.2, -0.15) is 0 Å². The van der Waals surface area contributed by atoms with Gasteiger partial charge in [-0.3, -0.25) is 0 Å². The molecule has 0 saturated carbocycles. The summed E-state index contributed by atoms with van der Waals surface area (Å²) in [7, 11) is 0. The van der Waals surface area contributed by atoms with Crippen molar-refractivity contribution in [1.82, 2.24) is 0 Å². The van der Waals surface area contributed by atoms with Gasteiger partial charge in [0.2, 0.25) is 0 Å². The highest BCUT2D eigenvalue weighted by atomic mass is 16.5. The van der Waals surface area contributed by atoms with Crippen molar-refractivity contribution in [3.05, 3.63) is 54.1 Å². The molecule has 0 aliphatic carbocycles. The summed E-state index contributed by atoms with van der Waals surface area (Å²) in [6, 6.07) is 16.2. The fourth-order valence-corrected chi connectivity index (χ4v) is 2.40. The Balaban J connectivity index is 1.72. The standard InChI is InChI=1S/C21H28O3/c1-4-17(3)18-11-13-19(14-12-18)23-15-8-16-24-21-10-7-6-9-20(21)22-5-2/h6-7,9-14,17H,4-5,8,15-16H2,1-3H3/t17-/m0/s1. The molecule has 0 unspecified atom stereocenters. The van der Waals surface area contributed by atoms with E-state index < -0.39 is 0 Å². The number of hydrogen-bond donors (Lipinski definition) is 0. The van der Waals surface area contributed by atoms with Crippen LogP contribution in [-0.4, -0.2) is 19.8 Å². The Morgan fingerprint density at radius 1 is 0.792 bits per heavy atom. The minimum atomic E-state index is 0.595. The second-order valence-corrected chi connectivity index (χ2v) is 5.81. The lowest BCUT2D eigenvalue weighted by molar-refractivity contribution is 0.236. The molecule has 0 radical (unpaired) electrons. The molecule has 0 bridgehead atoms. The summed E-state index contributed by atoms with van der Waals surface area (Å²) in [6.07, 6.45) is 1.98. The molecule has 2 aromatic carbocycles. The molecule has 0 saturated heterocycles. The molecule has 0 aromatic heterocycles. The average molecular weight is 328 g/mol. The van der Waals surface area contributed by atoms with Crippen molar-refractivity contribution in [2.24, 2.45) is 0 Å². The normalized spacial score (nSPS) is 11.8. The first-order chi connectivity index (χ1) is 11.7. The van der Waals surface area contributed by atoms with Gasteiger partial charge in [0, 0.05) is 6.42 Å². The predicted molar refractivity (Wildman–Crippen MR) is 98.4 cm³/mol. The molecule has 0 heterocycles. The number of para-hydroxylation sites is 2. The Bertz CT molecular complexity index is 592. The van der Waals surface area contributed by atoms with Gasteiger partial charge in [0.05, 0.1) is 19.8 Å². The van der Waals surface area contributed by atoms with Crippen molar-refractivity contribution < 1.29 is 14.2 Å². The molecule has 2 rings (SSSR count). The lowest BCUT2D eigenvalue weighted by atomic mass is 9.99. The SMILES string of the molecule is CCOc1ccccc1OCCCOc1ccc([C@@H](C)CC)cc1. The van der Waals surface area contributed by atoms with Gasteiger partial charge in [0.25, 0.3) is 0 Å². The topological polar surface area (TPSA) is 27.7 Å². The van der Waals surface area contributed by atoms with Gasteiger partial charge < -0.3 is 14.2 Å². The van der Waals surface area contributed by atoms with E-state index in [0.717, 1.165) is 30.1 Å². The number of ether oxygens (including phenoxy) is 3. The van der Waals surface area contributed by atoms with E-state index in [-0.39, 0.29) is 0 Å². The maximum Gasteiger partial charge on any atom is 0.161 e. The van der Waals surface area contributed by atoms with Crippen LogP contribution < -0.4 is 14.2 Å². The highest BCUT2D eigenvalue weighted by Gasteiger charge is 2.04. The molecule has 1 atom stereocenters. The van der Waals surface area contributed by atoms with Crippen LogP contribution in [-0.2, 0) is 0 Å². The maximum absolute atomic E-state index is 5.79. The van der Waals surface area contributed by atoms with E-state index in [1.807, 2.05) is 43.3 Å². The Morgan fingerprint density at radius 3 is 2.04 bits per heavy atom. The van der Waals surface area contributed by atoms with Crippen molar-refractivity contribution in [3.63, 3.8) is 0 Å². The third kappa shape index (κ3) is 5.48. The first-order valence-electron chi connectivity index (χ1n) is 8.82. The minimum absolute atomic E-state index is 0.595. The quantitative estimate of drug-likeness (QED) is 0.543. The molecule has 0 fully saturated rings. The van der Waals surface area contributed by atoms with E-state index in [0.29, 0.717) is 25.7 Å². The third-order valence-corrected chi connectivity index (χ3v) is 4.03. The highest BCUT2D eigenvalue weighted by Crippen LogP contribution is 2.26. The van der Waals surface area contributed by atoms with Crippen molar-refractivity contribution >= 4 is 0 Å². The van der Waals surface area contributed by atoms with E-state index >= 15 is 0 Å². The molecule has 3 heteroatoms. The number of benzene rings is 2. The molecular formula is C21H28O3. The summed E-state index contributed by atoms with van der Waals surface area (Å²) in [5, 5.41) is 0. The lowest BCUT2D eigenvalue weighted by Gasteiger charge is -2.12. The maximum atomic E-state index is 5.79. The average Bonchev–Trinajstić information content (AvgIpc) is 2.63. The molecule has 0 N–H and O–H groups in total. The second kappa shape index (κ2) is 9.86. The fourth-order valence-electron chi connectivity index (χ4n) is 2.40. The van der Waals surface area contributed by atoms with Gasteiger partial charge in [-0.25, -0.2) is 0 Å². The van der Waals surface area contributed by atoms with Gasteiger partial charge in [-0.1, -0.05) is 38.1 Å². The van der Waals surface area contributed by atoms with Crippen LogP contribution in [0.3, 0.4) is 0 Å². The van der Waals surface area contributed by atoms with Gasteiger partial charge >= 0.3 is 0 Å². The van der Waals surface area contributed by atoms with Gasteiger partial charge in [0.15, 0.2) is 11.5 Å². The van der Waals surface area contributed by atoms with Crippen LogP contribution >= 0.6 is 0 Å². The van der Waals surface area contributed by atoms with Crippen molar-refractivity contribution in [2.75, 3.05) is 19.8 Å². The first-order valence-corrected chi connectivity index (χ1v) is 8.82. The number of hydrogen-bond acceptors (Lipinski definition) is 3. The summed E-state index contributed by atoms with van der Waals surface area (Å²) in [5.41, 5.74) is 1.36. The molecule has 130 valence electrons. The highest BCUT2D eigenvalue weighted by molar-refractivity contribution is 5.39. The second-order valence-electron chi connectivity index (χ2n) is 5.81. The lowest BCUT2D eigenvalue weighted by Crippen LogP contribution is -2.06. The van der Waals surface area contributed by atoms with Crippen LogP contribution in [0.25, 0.3) is 0 Å². The van der Waals surface area contributed by atoms with Crippen LogP contribution in [0, 0.1) is 0 Å². The summed E-state index contributed by atoms with van der Waals surface area (Å²) in [6.45, 7) is 8.30. The zero-order chi connectivity index (χ0) is 17.2. The predicted octanol–water partition coefficient (Wildman–Crippen LogP) is 5.45. The Morgan fingerprint density at radius 2 is 1.42 bits per heavy atom. The van der Waals surface area contributed by atoms with Gasteiger partial charge in [-0.15, -0.1) is 0 Å². The molecule has 0 aliphatic rings. The van der Waals surface area contributed by atoms with E-state index in [1.54, 1.807) is 0 Å². The monoisotopic (exact) mass is 328 g/mol. The van der Waals surface area contributed by atoms with Crippen molar-refractivity contribution in [3.8, 4) is 17.2 Å². The Labute approximate surface area is 145 Å². The van der Waals surface area contributed by atoms with Crippen LogP contribution in [0.2, 0.25) is 0 Å². The third-order valence-electron chi connectivity index (χ3n) is 4.03. The molecular weight excluding hydrogens is 300 g/mol. The van der Waals surface area contributed by atoms with E-state index in [2.05, 4.69) is 26.0 Å². The van der Waals surface area contributed by atoms with E-state index in [1.165, 1.54) is 5.56 Å². The largest absolute Gasteiger partial charge is 0.493 e. The first kappa shape index (κ1) is 18.2. The van der Waals surface area contributed by atoms with E-state index in [4.69, 9.17) is 14.2 Å². The number of rotatable bonds is 10. The Hall–Kier alpha value is -2.16. The van der Waals surface area contributed by atoms with Gasteiger partial charge in [0.1, 0.15) is 5.75 Å². The van der Waals surface area contributed by atoms with Crippen LogP contribution in [0.1, 0.15) is 45.1 Å². The minimum Gasteiger partial charge on any atom is -0.493 e. The van der Waals surface area contributed by atoms with Crippen LogP contribution in [0.5, 0.6) is 17.2 Å².